The van der Waals surface area contributed by atoms with Gasteiger partial charge >= 0.3 is 0 Å². The lowest BCUT2D eigenvalue weighted by Crippen LogP contribution is -2.42. The lowest BCUT2D eigenvalue weighted by molar-refractivity contribution is 0.0205. The summed E-state index contributed by atoms with van der Waals surface area (Å²) < 4.78 is 0. The standard InChI is InChI=1S/C21H26N2O/c1-2-13-22-20(15-18-11-7-4-8-12-18)21-16-19(23-24-21)14-17-9-5-3-6-10-17/h3-12,16,20-23H,2,13-15H2,1H3. The van der Waals surface area contributed by atoms with Crippen molar-refractivity contribution in [2.75, 3.05) is 6.54 Å². The van der Waals surface area contributed by atoms with Crippen molar-refractivity contribution in [3.63, 3.8) is 0 Å². The molecule has 2 N–H and O–H groups in total. The quantitative estimate of drug-likeness (QED) is 0.779. The minimum absolute atomic E-state index is 0.0514. The molecule has 1 heterocycles. The average Bonchev–Trinajstić information content (AvgIpc) is 3.09. The van der Waals surface area contributed by atoms with Crippen LogP contribution < -0.4 is 10.8 Å². The largest absolute Gasteiger partial charge is 0.311 e. The molecule has 0 spiro atoms. The fourth-order valence-corrected chi connectivity index (χ4v) is 3.02. The van der Waals surface area contributed by atoms with Crippen molar-refractivity contribution < 1.29 is 4.84 Å². The summed E-state index contributed by atoms with van der Waals surface area (Å²) in [5.74, 6) is 0. The monoisotopic (exact) mass is 322 g/mol. The molecule has 2 unspecified atom stereocenters. The van der Waals surface area contributed by atoms with Crippen molar-refractivity contribution in [2.45, 2.75) is 38.3 Å². The van der Waals surface area contributed by atoms with Gasteiger partial charge in [0.1, 0.15) is 6.10 Å². The Morgan fingerprint density at radius 3 is 2.33 bits per heavy atom. The van der Waals surface area contributed by atoms with E-state index in [9.17, 15) is 0 Å². The van der Waals surface area contributed by atoms with Gasteiger partial charge in [-0.25, -0.2) is 0 Å². The van der Waals surface area contributed by atoms with Crippen molar-refractivity contribution in [3.05, 3.63) is 83.6 Å². The van der Waals surface area contributed by atoms with Gasteiger partial charge in [0, 0.05) is 18.2 Å². The van der Waals surface area contributed by atoms with E-state index in [0.717, 1.165) is 31.5 Å². The van der Waals surface area contributed by atoms with Crippen molar-refractivity contribution in [1.29, 1.82) is 0 Å². The van der Waals surface area contributed by atoms with Crippen molar-refractivity contribution >= 4 is 0 Å². The van der Waals surface area contributed by atoms with E-state index in [0.29, 0.717) is 0 Å². The average molecular weight is 322 g/mol. The smallest absolute Gasteiger partial charge is 0.121 e. The van der Waals surface area contributed by atoms with Crippen LogP contribution in [0.15, 0.2) is 72.4 Å². The Morgan fingerprint density at radius 1 is 1.00 bits per heavy atom. The van der Waals surface area contributed by atoms with Crippen LogP contribution in [0.4, 0.5) is 0 Å². The molecule has 0 saturated heterocycles. The summed E-state index contributed by atoms with van der Waals surface area (Å²) in [7, 11) is 0. The van der Waals surface area contributed by atoms with Gasteiger partial charge in [-0.05, 0) is 36.6 Å². The highest BCUT2D eigenvalue weighted by Gasteiger charge is 2.25. The molecule has 2 aromatic rings. The van der Waals surface area contributed by atoms with E-state index < -0.39 is 0 Å². The van der Waals surface area contributed by atoms with Gasteiger partial charge in [-0.2, -0.15) is 0 Å². The van der Waals surface area contributed by atoms with Crippen LogP contribution in [-0.2, 0) is 17.7 Å². The molecule has 3 heteroatoms. The SMILES string of the molecule is CCCNC(Cc1ccccc1)C1C=C(Cc2ccccc2)NO1. The Hall–Kier alpha value is -2.10. The molecule has 3 nitrogen and oxygen atoms in total. The highest BCUT2D eigenvalue weighted by atomic mass is 16.7. The van der Waals surface area contributed by atoms with E-state index in [1.807, 2.05) is 6.07 Å². The Bertz CT molecular complexity index is 639. The third kappa shape index (κ3) is 4.70. The molecule has 2 aromatic carbocycles. The molecule has 0 saturated carbocycles. The zero-order valence-electron chi connectivity index (χ0n) is 14.2. The van der Waals surface area contributed by atoms with E-state index in [4.69, 9.17) is 4.84 Å². The Labute approximate surface area is 144 Å². The van der Waals surface area contributed by atoms with Gasteiger partial charge in [0.05, 0.1) is 0 Å². The molecule has 0 aliphatic carbocycles. The number of nitrogens with one attached hydrogen (secondary N) is 2. The van der Waals surface area contributed by atoms with Gasteiger partial charge in [0.25, 0.3) is 0 Å². The number of rotatable bonds is 8. The molecule has 0 bridgehead atoms. The summed E-state index contributed by atoms with van der Waals surface area (Å²) in [5.41, 5.74) is 6.89. The van der Waals surface area contributed by atoms with Gasteiger partial charge in [0.15, 0.2) is 0 Å². The second-order valence-electron chi connectivity index (χ2n) is 6.29. The second kappa shape index (κ2) is 8.67. The first-order valence-electron chi connectivity index (χ1n) is 8.78. The van der Waals surface area contributed by atoms with Crippen LogP contribution in [0, 0.1) is 0 Å². The van der Waals surface area contributed by atoms with Crippen molar-refractivity contribution in [2.24, 2.45) is 0 Å². The van der Waals surface area contributed by atoms with Crippen molar-refractivity contribution in [1.82, 2.24) is 10.8 Å². The van der Waals surface area contributed by atoms with Crippen LogP contribution in [0.3, 0.4) is 0 Å². The first kappa shape index (κ1) is 16.7. The van der Waals surface area contributed by atoms with Gasteiger partial charge < -0.3 is 5.32 Å². The Kier molecular flexibility index (Phi) is 6.05. The van der Waals surface area contributed by atoms with Gasteiger partial charge in [-0.15, -0.1) is 0 Å². The fourth-order valence-electron chi connectivity index (χ4n) is 3.02. The molecular formula is C21H26N2O. The third-order valence-electron chi connectivity index (χ3n) is 4.28. The molecule has 0 amide bonds. The predicted molar refractivity (Wildman–Crippen MR) is 98.5 cm³/mol. The molecule has 1 aliphatic heterocycles. The topological polar surface area (TPSA) is 33.3 Å². The van der Waals surface area contributed by atoms with E-state index in [1.54, 1.807) is 0 Å². The normalized spacial score (nSPS) is 18.0. The lowest BCUT2D eigenvalue weighted by Gasteiger charge is -2.22. The van der Waals surface area contributed by atoms with Gasteiger partial charge in [-0.1, -0.05) is 67.6 Å². The molecule has 126 valence electrons. The van der Waals surface area contributed by atoms with Crippen molar-refractivity contribution in [3.8, 4) is 0 Å². The maximum Gasteiger partial charge on any atom is 0.121 e. The Morgan fingerprint density at radius 2 is 1.67 bits per heavy atom. The molecule has 3 rings (SSSR count). The van der Waals surface area contributed by atoms with Gasteiger partial charge in [0.2, 0.25) is 0 Å². The molecular weight excluding hydrogens is 296 g/mol. The second-order valence-corrected chi connectivity index (χ2v) is 6.29. The lowest BCUT2D eigenvalue weighted by atomic mass is 10.00. The number of hydrogen-bond acceptors (Lipinski definition) is 3. The maximum absolute atomic E-state index is 5.86. The minimum atomic E-state index is 0.0514. The third-order valence-corrected chi connectivity index (χ3v) is 4.28. The van der Waals surface area contributed by atoms with Gasteiger partial charge in [-0.3, -0.25) is 10.3 Å². The van der Waals surface area contributed by atoms with E-state index >= 15 is 0 Å². The van der Waals surface area contributed by atoms with Crippen LogP contribution in [0.25, 0.3) is 0 Å². The summed E-state index contributed by atoms with van der Waals surface area (Å²) >= 11 is 0. The zero-order valence-corrected chi connectivity index (χ0v) is 14.2. The number of hydrogen-bond donors (Lipinski definition) is 2. The molecule has 24 heavy (non-hydrogen) atoms. The highest BCUT2D eigenvalue weighted by molar-refractivity contribution is 5.24. The maximum atomic E-state index is 5.86. The molecule has 0 radical (unpaired) electrons. The Balaban J connectivity index is 1.66. The van der Waals surface area contributed by atoms with Crippen LogP contribution in [-0.4, -0.2) is 18.7 Å². The van der Waals surface area contributed by atoms with E-state index in [-0.39, 0.29) is 12.1 Å². The van der Waals surface area contributed by atoms with E-state index in [1.165, 1.54) is 11.1 Å². The van der Waals surface area contributed by atoms with Crippen LogP contribution in [0.1, 0.15) is 24.5 Å². The summed E-state index contributed by atoms with van der Waals surface area (Å²) in [5, 5.41) is 3.63. The first-order chi connectivity index (χ1) is 11.8. The summed E-state index contributed by atoms with van der Waals surface area (Å²) in [6, 6.07) is 21.4. The minimum Gasteiger partial charge on any atom is -0.311 e. The fraction of sp³-hybridized carbons (Fsp3) is 0.333. The zero-order chi connectivity index (χ0) is 16.6. The van der Waals surface area contributed by atoms with Crippen LogP contribution in [0.5, 0.6) is 0 Å². The highest BCUT2D eigenvalue weighted by Crippen LogP contribution is 2.17. The number of hydroxylamine groups is 1. The van der Waals surface area contributed by atoms with E-state index in [2.05, 4.69) is 78.4 Å². The first-order valence-corrected chi connectivity index (χ1v) is 8.78. The molecule has 0 aromatic heterocycles. The summed E-state index contributed by atoms with van der Waals surface area (Å²) in [4.78, 5) is 5.86. The number of benzene rings is 2. The molecule has 1 aliphatic rings. The van der Waals surface area contributed by atoms with Crippen LogP contribution in [0.2, 0.25) is 0 Å². The summed E-state index contributed by atoms with van der Waals surface area (Å²) in [6.07, 6.45) is 5.23. The number of allylic oxidation sites excluding steroid dienone is 1. The molecule has 0 fully saturated rings. The molecule has 2 atom stereocenters. The summed E-state index contributed by atoms with van der Waals surface area (Å²) in [6.45, 7) is 3.19. The predicted octanol–water partition coefficient (Wildman–Crippen LogP) is 3.63. The van der Waals surface area contributed by atoms with Crippen LogP contribution >= 0.6 is 0 Å².